The van der Waals surface area contributed by atoms with E-state index in [0.717, 1.165) is 11.1 Å². The Morgan fingerprint density at radius 2 is 1.43 bits per heavy atom. The van der Waals surface area contributed by atoms with Crippen LogP contribution in [0.5, 0.6) is 0 Å². The van der Waals surface area contributed by atoms with Crippen molar-refractivity contribution in [3.8, 4) is 0 Å². The SMILES string of the molecule is CC(C)c1ccc([C@@H](N)[C@@H](O)Cc2ccccc2)cc1.Cl. The second-order valence-corrected chi connectivity index (χ2v) is 5.60. The number of benzene rings is 2. The summed E-state index contributed by atoms with van der Waals surface area (Å²) >= 11 is 0. The Labute approximate surface area is 133 Å². The van der Waals surface area contributed by atoms with Crippen LogP contribution in [-0.2, 0) is 6.42 Å². The van der Waals surface area contributed by atoms with Gasteiger partial charge in [0.25, 0.3) is 0 Å². The highest BCUT2D eigenvalue weighted by Gasteiger charge is 2.17. The highest BCUT2D eigenvalue weighted by atomic mass is 35.5. The maximum Gasteiger partial charge on any atom is 0.0773 e. The van der Waals surface area contributed by atoms with Gasteiger partial charge in [-0.1, -0.05) is 68.4 Å². The molecule has 0 unspecified atom stereocenters. The van der Waals surface area contributed by atoms with Crippen molar-refractivity contribution < 1.29 is 5.11 Å². The first kappa shape index (κ1) is 17.7. The summed E-state index contributed by atoms with van der Waals surface area (Å²) in [6.07, 6.45) is 0.0100. The minimum absolute atomic E-state index is 0. The van der Waals surface area contributed by atoms with Crippen LogP contribution >= 0.6 is 12.4 Å². The van der Waals surface area contributed by atoms with E-state index in [1.807, 2.05) is 42.5 Å². The molecule has 0 saturated heterocycles. The number of nitrogens with two attached hydrogens (primary N) is 1. The lowest BCUT2D eigenvalue weighted by Gasteiger charge is -2.20. The number of aliphatic hydroxyl groups excluding tert-OH is 1. The van der Waals surface area contributed by atoms with Crippen LogP contribution in [0.2, 0.25) is 0 Å². The summed E-state index contributed by atoms with van der Waals surface area (Å²) < 4.78 is 0. The first-order valence-electron chi connectivity index (χ1n) is 7.15. The van der Waals surface area contributed by atoms with Crippen LogP contribution in [0.3, 0.4) is 0 Å². The molecule has 0 heterocycles. The van der Waals surface area contributed by atoms with Crippen molar-refractivity contribution in [2.24, 2.45) is 5.73 Å². The zero-order valence-electron chi connectivity index (χ0n) is 12.6. The van der Waals surface area contributed by atoms with Crippen molar-refractivity contribution in [3.05, 3.63) is 71.3 Å². The Kier molecular flexibility index (Phi) is 6.90. The van der Waals surface area contributed by atoms with E-state index < -0.39 is 6.10 Å². The number of aliphatic hydroxyl groups is 1. The van der Waals surface area contributed by atoms with Gasteiger partial charge in [0, 0.05) is 6.42 Å². The van der Waals surface area contributed by atoms with Crippen molar-refractivity contribution in [3.63, 3.8) is 0 Å². The molecule has 114 valence electrons. The van der Waals surface area contributed by atoms with Crippen LogP contribution in [-0.4, -0.2) is 11.2 Å². The topological polar surface area (TPSA) is 46.2 Å². The van der Waals surface area contributed by atoms with Gasteiger partial charge in [-0.3, -0.25) is 0 Å². The number of halogens is 1. The van der Waals surface area contributed by atoms with E-state index in [9.17, 15) is 5.11 Å². The number of hydrogen-bond acceptors (Lipinski definition) is 2. The van der Waals surface area contributed by atoms with Gasteiger partial charge in [-0.15, -0.1) is 12.4 Å². The van der Waals surface area contributed by atoms with Crippen molar-refractivity contribution in [1.29, 1.82) is 0 Å². The molecule has 2 rings (SSSR count). The average Bonchev–Trinajstić information content (AvgIpc) is 2.47. The van der Waals surface area contributed by atoms with Crippen LogP contribution in [0, 0.1) is 0 Å². The fourth-order valence-corrected chi connectivity index (χ4v) is 2.31. The lowest BCUT2D eigenvalue weighted by atomic mass is 9.94. The molecule has 3 N–H and O–H groups in total. The van der Waals surface area contributed by atoms with Crippen molar-refractivity contribution in [2.75, 3.05) is 0 Å². The zero-order chi connectivity index (χ0) is 14.5. The third-order valence-corrected chi connectivity index (χ3v) is 3.69. The molecular formula is C18H24ClNO. The molecule has 3 heteroatoms. The second kappa shape index (κ2) is 8.18. The highest BCUT2D eigenvalue weighted by molar-refractivity contribution is 5.85. The molecule has 0 radical (unpaired) electrons. The molecule has 0 aliphatic heterocycles. The van der Waals surface area contributed by atoms with Crippen molar-refractivity contribution in [1.82, 2.24) is 0 Å². The standard InChI is InChI=1S/C18H23NO.ClH/c1-13(2)15-8-10-16(11-9-15)18(19)17(20)12-14-6-4-3-5-7-14;/h3-11,13,17-18,20H,12,19H2,1-2H3;1H/t17-,18+;/m0./s1. The van der Waals surface area contributed by atoms with Gasteiger partial charge in [0.2, 0.25) is 0 Å². The summed E-state index contributed by atoms with van der Waals surface area (Å²) in [6, 6.07) is 17.8. The molecule has 0 fully saturated rings. The van der Waals surface area contributed by atoms with E-state index in [2.05, 4.69) is 26.0 Å². The number of hydrogen-bond donors (Lipinski definition) is 2. The molecular weight excluding hydrogens is 282 g/mol. The van der Waals surface area contributed by atoms with Gasteiger partial charge < -0.3 is 10.8 Å². The maximum absolute atomic E-state index is 10.3. The molecule has 2 nitrogen and oxygen atoms in total. The van der Waals surface area contributed by atoms with Crippen molar-refractivity contribution >= 4 is 12.4 Å². The molecule has 2 atom stereocenters. The van der Waals surface area contributed by atoms with E-state index in [4.69, 9.17) is 5.73 Å². The van der Waals surface area contributed by atoms with E-state index in [1.54, 1.807) is 0 Å². The second-order valence-electron chi connectivity index (χ2n) is 5.60. The largest absolute Gasteiger partial charge is 0.391 e. The monoisotopic (exact) mass is 305 g/mol. The minimum Gasteiger partial charge on any atom is -0.391 e. The highest BCUT2D eigenvalue weighted by Crippen LogP contribution is 2.21. The molecule has 21 heavy (non-hydrogen) atoms. The van der Waals surface area contributed by atoms with Gasteiger partial charge in [0.15, 0.2) is 0 Å². The molecule has 2 aromatic rings. The smallest absolute Gasteiger partial charge is 0.0773 e. The third-order valence-electron chi connectivity index (χ3n) is 3.69. The lowest BCUT2D eigenvalue weighted by molar-refractivity contribution is 0.145. The van der Waals surface area contributed by atoms with Gasteiger partial charge in [-0.2, -0.15) is 0 Å². The normalized spacial score (nSPS) is 13.6. The maximum atomic E-state index is 10.3. The summed E-state index contributed by atoms with van der Waals surface area (Å²) in [5.74, 6) is 0.509. The summed E-state index contributed by atoms with van der Waals surface area (Å²) in [6.45, 7) is 4.33. The molecule has 2 aromatic carbocycles. The van der Waals surface area contributed by atoms with Crippen molar-refractivity contribution in [2.45, 2.75) is 38.3 Å². The van der Waals surface area contributed by atoms with E-state index >= 15 is 0 Å². The Balaban J connectivity index is 0.00000220. The Bertz CT molecular complexity index is 525. The van der Waals surface area contributed by atoms with Gasteiger partial charge in [0.1, 0.15) is 0 Å². The van der Waals surface area contributed by atoms with Crippen LogP contribution in [0.1, 0.15) is 42.5 Å². The average molecular weight is 306 g/mol. The van der Waals surface area contributed by atoms with Gasteiger partial charge in [0.05, 0.1) is 12.1 Å². The van der Waals surface area contributed by atoms with Crippen LogP contribution in [0.15, 0.2) is 54.6 Å². The molecule has 0 aliphatic rings. The predicted molar refractivity (Wildman–Crippen MR) is 90.9 cm³/mol. The first-order valence-corrected chi connectivity index (χ1v) is 7.15. The lowest BCUT2D eigenvalue weighted by Crippen LogP contribution is -2.28. The van der Waals surface area contributed by atoms with Gasteiger partial charge in [-0.05, 0) is 22.6 Å². The van der Waals surface area contributed by atoms with Crippen LogP contribution in [0.25, 0.3) is 0 Å². The molecule has 0 aliphatic carbocycles. The summed E-state index contributed by atoms with van der Waals surface area (Å²) in [4.78, 5) is 0. The summed E-state index contributed by atoms with van der Waals surface area (Å²) in [5, 5.41) is 10.3. The Morgan fingerprint density at radius 3 is 1.95 bits per heavy atom. The number of rotatable bonds is 5. The molecule has 0 saturated carbocycles. The van der Waals surface area contributed by atoms with E-state index in [1.165, 1.54) is 5.56 Å². The zero-order valence-corrected chi connectivity index (χ0v) is 13.4. The fraction of sp³-hybridized carbons (Fsp3) is 0.333. The van der Waals surface area contributed by atoms with Crippen LogP contribution in [0.4, 0.5) is 0 Å². The van der Waals surface area contributed by atoms with E-state index in [-0.39, 0.29) is 18.4 Å². The van der Waals surface area contributed by atoms with Gasteiger partial charge in [-0.25, -0.2) is 0 Å². The van der Waals surface area contributed by atoms with Gasteiger partial charge >= 0.3 is 0 Å². The van der Waals surface area contributed by atoms with E-state index in [0.29, 0.717) is 12.3 Å². The Morgan fingerprint density at radius 1 is 0.905 bits per heavy atom. The summed E-state index contributed by atoms with van der Waals surface area (Å²) in [7, 11) is 0. The first-order chi connectivity index (χ1) is 9.58. The fourth-order valence-electron chi connectivity index (χ4n) is 2.31. The minimum atomic E-state index is -0.567. The Hall–Kier alpha value is -1.35. The molecule has 0 bridgehead atoms. The molecule has 0 aromatic heterocycles. The van der Waals surface area contributed by atoms with Crippen LogP contribution < -0.4 is 5.73 Å². The third kappa shape index (κ3) is 4.85. The predicted octanol–water partition coefficient (Wildman–Crippen LogP) is 3.84. The molecule has 0 spiro atoms. The summed E-state index contributed by atoms with van der Waals surface area (Å²) in [5.41, 5.74) is 9.54. The molecule has 0 amide bonds. The quantitative estimate of drug-likeness (QED) is 0.881.